The van der Waals surface area contributed by atoms with Crippen molar-refractivity contribution in [2.24, 2.45) is 0 Å². The van der Waals surface area contributed by atoms with Gasteiger partial charge in [-0.2, -0.15) is 4.98 Å². The maximum Gasteiger partial charge on any atom is 0.253 e. The minimum Gasteiger partial charge on any atom is -0.324 e. The number of pyridine rings is 1. The number of nitrogens with one attached hydrogen (secondary N) is 1. The fraction of sp³-hybridized carbons (Fsp3) is 0.0385. The van der Waals surface area contributed by atoms with Gasteiger partial charge in [0.05, 0.1) is 6.04 Å². The van der Waals surface area contributed by atoms with E-state index in [1.807, 2.05) is 54.6 Å². The fourth-order valence-corrected chi connectivity index (χ4v) is 4.41. The molecule has 31 heavy (non-hydrogen) atoms. The average Bonchev–Trinajstić information content (AvgIpc) is 3.14. The Morgan fingerprint density at radius 1 is 0.742 bits per heavy atom. The molecule has 0 radical (unpaired) electrons. The van der Waals surface area contributed by atoms with Crippen LogP contribution in [0.5, 0.6) is 0 Å². The molecule has 0 aliphatic heterocycles. The van der Waals surface area contributed by atoms with Crippen molar-refractivity contribution in [1.29, 1.82) is 0 Å². The van der Waals surface area contributed by atoms with E-state index >= 15 is 0 Å². The second kappa shape index (κ2) is 6.92. The number of aromatic nitrogens is 3. The summed E-state index contributed by atoms with van der Waals surface area (Å²) in [5.74, 6) is 0.456. The number of rotatable bonds is 3. The molecular weight excluding hydrogens is 384 g/mol. The molecule has 1 aliphatic rings. The highest BCUT2D eigenvalue weighted by Crippen LogP contribution is 2.45. The summed E-state index contributed by atoms with van der Waals surface area (Å²) in [7, 11) is 0. The first-order valence-electron chi connectivity index (χ1n) is 10.2. The van der Waals surface area contributed by atoms with Gasteiger partial charge in [-0.15, -0.1) is 0 Å². The van der Waals surface area contributed by atoms with Gasteiger partial charge in [0.1, 0.15) is 5.65 Å². The molecule has 3 aromatic carbocycles. The highest BCUT2D eigenvalue weighted by molar-refractivity contribution is 5.81. The van der Waals surface area contributed by atoms with E-state index in [4.69, 9.17) is 4.98 Å². The smallest absolute Gasteiger partial charge is 0.253 e. The van der Waals surface area contributed by atoms with Gasteiger partial charge in [-0.3, -0.25) is 9.36 Å². The summed E-state index contributed by atoms with van der Waals surface area (Å²) in [6.45, 7) is 0. The third-order valence-corrected chi connectivity index (χ3v) is 5.76. The van der Waals surface area contributed by atoms with E-state index in [0.717, 1.165) is 33.3 Å². The van der Waals surface area contributed by atoms with E-state index in [1.54, 1.807) is 22.9 Å². The number of benzene rings is 3. The normalized spacial score (nSPS) is 12.5. The molecule has 2 aromatic heterocycles. The maximum atomic E-state index is 13.2. The van der Waals surface area contributed by atoms with Crippen molar-refractivity contribution in [3.8, 4) is 11.1 Å². The van der Waals surface area contributed by atoms with E-state index in [1.165, 1.54) is 0 Å². The standard InChI is InChI=1S/C26H18N4O/c31-23-15-14-17-16-27-26(28-18-8-2-1-3-9-18)29-25(17)30(23)24-21-12-6-4-10-19(21)20-11-5-7-13-22(20)24/h1-16,24H,(H,27,28,29). The summed E-state index contributed by atoms with van der Waals surface area (Å²) < 4.78 is 1.79. The van der Waals surface area contributed by atoms with Crippen LogP contribution in [-0.4, -0.2) is 14.5 Å². The Bertz CT molecular complexity index is 1450. The van der Waals surface area contributed by atoms with Crippen molar-refractivity contribution in [1.82, 2.24) is 14.5 Å². The number of nitrogens with zero attached hydrogens (tertiary/aromatic N) is 3. The average molecular weight is 402 g/mol. The molecular formula is C26H18N4O. The molecule has 5 heteroatoms. The van der Waals surface area contributed by atoms with Crippen LogP contribution in [0.2, 0.25) is 0 Å². The Morgan fingerprint density at radius 2 is 1.39 bits per heavy atom. The van der Waals surface area contributed by atoms with Gasteiger partial charge in [0.25, 0.3) is 5.56 Å². The lowest BCUT2D eigenvalue weighted by Crippen LogP contribution is -2.25. The van der Waals surface area contributed by atoms with Gasteiger partial charge >= 0.3 is 0 Å². The Balaban J connectivity index is 1.58. The minimum absolute atomic E-state index is 0.0895. The summed E-state index contributed by atoms with van der Waals surface area (Å²) in [4.78, 5) is 22.4. The SMILES string of the molecule is O=c1ccc2cnc(Nc3ccccc3)nc2n1C1c2ccccc2-c2ccccc21. The Morgan fingerprint density at radius 3 is 2.10 bits per heavy atom. The van der Waals surface area contributed by atoms with Crippen LogP contribution in [0.4, 0.5) is 11.6 Å². The van der Waals surface area contributed by atoms with Gasteiger partial charge < -0.3 is 5.32 Å². The molecule has 0 unspecified atom stereocenters. The van der Waals surface area contributed by atoms with Crippen molar-refractivity contribution in [2.45, 2.75) is 6.04 Å². The van der Waals surface area contributed by atoms with Crippen LogP contribution in [0.3, 0.4) is 0 Å². The summed E-state index contributed by atoms with van der Waals surface area (Å²) in [5.41, 5.74) is 5.94. The molecule has 148 valence electrons. The number of hydrogen-bond donors (Lipinski definition) is 1. The van der Waals surface area contributed by atoms with Crippen molar-refractivity contribution >= 4 is 22.7 Å². The molecule has 1 N–H and O–H groups in total. The molecule has 0 spiro atoms. The summed E-state index contributed by atoms with van der Waals surface area (Å²) in [6, 6.07) is 29.4. The zero-order valence-corrected chi connectivity index (χ0v) is 16.6. The molecule has 0 saturated carbocycles. The van der Waals surface area contributed by atoms with E-state index in [0.29, 0.717) is 11.6 Å². The van der Waals surface area contributed by atoms with Crippen LogP contribution in [0.1, 0.15) is 17.2 Å². The molecule has 0 saturated heterocycles. The zero-order chi connectivity index (χ0) is 20.8. The van der Waals surface area contributed by atoms with Gasteiger partial charge in [0, 0.05) is 23.3 Å². The van der Waals surface area contributed by atoms with Gasteiger partial charge in [-0.25, -0.2) is 4.98 Å². The monoisotopic (exact) mass is 402 g/mol. The lowest BCUT2D eigenvalue weighted by atomic mass is 10.0. The van der Waals surface area contributed by atoms with Gasteiger partial charge in [-0.1, -0.05) is 66.7 Å². The van der Waals surface area contributed by atoms with Gasteiger partial charge in [0.2, 0.25) is 5.95 Å². The number of fused-ring (bicyclic) bond motifs is 4. The lowest BCUT2D eigenvalue weighted by molar-refractivity contribution is 0.683. The lowest BCUT2D eigenvalue weighted by Gasteiger charge is -2.19. The third-order valence-electron chi connectivity index (χ3n) is 5.76. The second-order valence-electron chi connectivity index (χ2n) is 7.58. The predicted octanol–water partition coefficient (Wildman–Crippen LogP) is 5.15. The van der Waals surface area contributed by atoms with E-state index in [9.17, 15) is 4.79 Å². The van der Waals surface area contributed by atoms with Crippen LogP contribution in [0, 0.1) is 0 Å². The van der Waals surface area contributed by atoms with Crippen LogP contribution in [0.25, 0.3) is 22.2 Å². The van der Waals surface area contributed by atoms with Crippen molar-refractivity contribution < 1.29 is 0 Å². The Labute approximate surface area is 178 Å². The largest absolute Gasteiger partial charge is 0.324 e. The summed E-state index contributed by atoms with van der Waals surface area (Å²) in [5, 5.41) is 4.05. The molecule has 0 bridgehead atoms. The van der Waals surface area contributed by atoms with E-state index < -0.39 is 0 Å². The zero-order valence-electron chi connectivity index (χ0n) is 16.6. The molecule has 0 fully saturated rings. The fourth-order valence-electron chi connectivity index (χ4n) is 4.41. The summed E-state index contributed by atoms with van der Waals surface area (Å²) >= 11 is 0. The molecule has 0 amide bonds. The number of para-hydroxylation sites is 1. The quantitative estimate of drug-likeness (QED) is 0.445. The minimum atomic E-state index is -0.233. The third kappa shape index (κ3) is 2.82. The van der Waals surface area contributed by atoms with Crippen LogP contribution in [-0.2, 0) is 0 Å². The van der Waals surface area contributed by atoms with E-state index in [-0.39, 0.29) is 11.6 Å². The molecule has 5 aromatic rings. The van der Waals surface area contributed by atoms with Crippen molar-refractivity contribution in [2.75, 3.05) is 5.32 Å². The van der Waals surface area contributed by atoms with E-state index in [2.05, 4.69) is 34.6 Å². The van der Waals surface area contributed by atoms with Crippen molar-refractivity contribution in [3.05, 3.63) is 119 Å². The number of anilines is 2. The maximum absolute atomic E-state index is 13.2. The van der Waals surface area contributed by atoms with Crippen LogP contribution < -0.4 is 10.9 Å². The summed E-state index contributed by atoms with van der Waals surface area (Å²) in [6.07, 6.45) is 1.76. The van der Waals surface area contributed by atoms with Crippen molar-refractivity contribution in [3.63, 3.8) is 0 Å². The molecule has 1 aliphatic carbocycles. The topological polar surface area (TPSA) is 59.8 Å². The first-order chi connectivity index (χ1) is 15.3. The highest BCUT2D eigenvalue weighted by Gasteiger charge is 2.31. The van der Waals surface area contributed by atoms with Crippen LogP contribution >= 0.6 is 0 Å². The first kappa shape index (κ1) is 17.6. The molecule has 6 rings (SSSR count). The molecule has 2 heterocycles. The number of hydrogen-bond acceptors (Lipinski definition) is 4. The van der Waals surface area contributed by atoms with Gasteiger partial charge in [-0.05, 0) is 40.5 Å². The van der Waals surface area contributed by atoms with Gasteiger partial charge in [0.15, 0.2) is 0 Å². The first-order valence-corrected chi connectivity index (χ1v) is 10.2. The Hall–Kier alpha value is -4.25. The van der Waals surface area contributed by atoms with Crippen LogP contribution in [0.15, 0.2) is 102 Å². The second-order valence-corrected chi connectivity index (χ2v) is 7.58. The Kier molecular flexibility index (Phi) is 3.93. The highest BCUT2D eigenvalue weighted by atomic mass is 16.1. The predicted molar refractivity (Wildman–Crippen MR) is 123 cm³/mol. The molecule has 0 atom stereocenters. The molecule has 5 nitrogen and oxygen atoms in total.